The van der Waals surface area contributed by atoms with Crippen LogP contribution in [-0.4, -0.2) is 62.6 Å². The number of hydrogen-bond donors (Lipinski definition) is 1. The quantitative estimate of drug-likeness (QED) is 0.496. The largest absolute Gasteiger partial charge is 0.368 e. The zero-order valence-corrected chi connectivity index (χ0v) is 23.8. The lowest BCUT2D eigenvalue weighted by atomic mass is 9.97. The molecule has 0 radical (unpaired) electrons. The van der Waals surface area contributed by atoms with Gasteiger partial charge >= 0.3 is 0 Å². The molecule has 2 aromatic heterocycles. The maximum Gasteiger partial charge on any atom is 0.268 e. The molecule has 0 saturated carbocycles. The lowest BCUT2D eigenvalue weighted by Crippen LogP contribution is -2.47. The zero-order valence-electron chi connectivity index (χ0n) is 23.0. The number of sulfonamides is 1. The standard InChI is InChI=1S/C29H36N6O3S/c1-21-19-29(3,4)35(20-21)27-25(11-7-13-30-27)28(36)32-39(37,38)24-10-6-9-23(18-24)33-14-16-34(17-15-33)26-12-5-8-22(2)31-26/h5-13,18,21H,14-17,19-20H2,1-4H3,(H,32,36). The van der Waals surface area contributed by atoms with Crippen LogP contribution in [-0.2, 0) is 10.0 Å². The van der Waals surface area contributed by atoms with Crippen molar-refractivity contribution in [2.45, 2.75) is 44.6 Å². The van der Waals surface area contributed by atoms with Crippen LogP contribution in [0.3, 0.4) is 0 Å². The van der Waals surface area contributed by atoms with Crippen molar-refractivity contribution in [3.05, 3.63) is 72.1 Å². The van der Waals surface area contributed by atoms with Crippen LogP contribution >= 0.6 is 0 Å². The maximum atomic E-state index is 13.3. The van der Waals surface area contributed by atoms with E-state index in [0.717, 1.165) is 56.3 Å². The van der Waals surface area contributed by atoms with Crippen molar-refractivity contribution in [3.63, 3.8) is 0 Å². The Morgan fingerprint density at radius 2 is 1.72 bits per heavy atom. The van der Waals surface area contributed by atoms with Gasteiger partial charge in [-0.25, -0.2) is 23.1 Å². The first kappa shape index (κ1) is 26.9. The van der Waals surface area contributed by atoms with E-state index in [9.17, 15) is 13.2 Å². The van der Waals surface area contributed by atoms with Crippen molar-refractivity contribution in [1.29, 1.82) is 0 Å². The summed E-state index contributed by atoms with van der Waals surface area (Å²) in [6.07, 6.45) is 2.60. The van der Waals surface area contributed by atoms with Crippen molar-refractivity contribution < 1.29 is 13.2 Å². The highest BCUT2D eigenvalue weighted by Crippen LogP contribution is 2.37. The highest BCUT2D eigenvalue weighted by Gasteiger charge is 2.39. The fourth-order valence-corrected chi connectivity index (χ4v) is 6.74. The van der Waals surface area contributed by atoms with Crippen LogP contribution in [0.2, 0.25) is 0 Å². The minimum atomic E-state index is -4.10. The first-order valence-electron chi connectivity index (χ1n) is 13.4. The number of carbonyl (C=O) groups is 1. The van der Waals surface area contributed by atoms with Gasteiger partial charge in [0, 0.05) is 55.8 Å². The molecule has 206 valence electrons. The molecule has 5 rings (SSSR count). The molecule has 3 aromatic rings. The lowest BCUT2D eigenvalue weighted by molar-refractivity contribution is 0.0981. The number of benzene rings is 1. The smallest absolute Gasteiger partial charge is 0.268 e. The summed E-state index contributed by atoms with van der Waals surface area (Å²) in [7, 11) is -4.10. The minimum absolute atomic E-state index is 0.0525. The average molecular weight is 549 g/mol. The summed E-state index contributed by atoms with van der Waals surface area (Å²) in [5, 5.41) is 0. The van der Waals surface area contributed by atoms with Crippen molar-refractivity contribution in [2.24, 2.45) is 5.92 Å². The molecule has 1 amide bonds. The Hall–Kier alpha value is -3.66. The van der Waals surface area contributed by atoms with Crippen LogP contribution in [0, 0.1) is 12.8 Å². The molecule has 1 atom stereocenters. The van der Waals surface area contributed by atoms with Crippen LogP contribution in [0.5, 0.6) is 0 Å². The van der Waals surface area contributed by atoms with Crippen molar-refractivity contribution in [3.8, 4) is 0 Å². The summed E-state index contributed by atoms with van der Waals surface area (Å²) < 4.78 is 28.9. The normalized spacial score (nSPS) is 19.3. The third kappa shape index (κ3) is 5.71. The van der Waals surface area contributed by atoms with Gasteiger partial charge < -0.3 is 14.7 Å². The Morgan fingerprint density at radius 3 is 2.41 bits per heavy atom. The molecular weight excluding hydrogens is 512 g/mol. The number of aromatic nitrogens is 2. The van der Waals surface area contributed by atoms with Gasteiger partial charge in [0.25, 0.3) is 15.9 Å². The number of anilines is 3. The fraction of sp³-hybridized carbons (Fsp3) is 0.414. The molecule has 1 unspecified atom stereocenters. The van der Waals surface area contributed by atoms with E-state index in [0.29, 0.717) is 11.7 Å². The number of nitrogens with one attached hydrogen (secondary N) is 1. The second-order valence-corrected chi connectivity index (χ2v) is 12.8. The summed E-state index contributed by atoms with van der Waals surface area (Å²) >= 11 is 0. The first-order chi connectivity index (χ1) is 18.5. The molecule has 0 spiro atoms. The summed E-state index contributed by atoms with van der Waals surface area (Å²) in [5.74, 6) is 1.22. The van der Waals surface area contributed by atoms with Gasteiger partial charge in [0.2, 0.25) is 0 Å². The Balaban J connectivity index is 1.31. The highest BCUT2D eigenvalue weighted by molar-refractivity contribution is 7.90. The molecule has 1 N–H and O–H groups in total. The average Bonchev–Trinajstić information content (AvgIpc) is 3.20. The van der Waals surface area contributed by atoms with Crippen LogP contribution in [0.25, 0.3) is 0 Å². The molecule has 10 heteroatoms. The first-order valence-corrected chi connectivity index (χ1v) is 14.9. The second-order valence-electron chi connectivity index (χ2n) is 11.2. The van der Waals surface area contributed by atoms with Crippen LogP contribution in [0.15, 0.2) is 65.7 Å². The van der Waals surface area contributed by atoms with E-state index in [1.165, 1.54) is 6.07 Å². The predicted molar refractivity (Wildman–Crippen MR) is 154 cm³/mol. The molecule has 2 fully saturated rings. The van der Waals surface area contributed by atoms with E-state index in [4.69, 9.17) is 0 Å². The van der Waals surface area contributed by atoms with Gasteiger partial charge in [0.1, 0.15) is 11.6 Å². The monoisotopic (exact) mass is 548 g/mol. The topological polar surface area (TPSA) is 98.7 Å². The van der Waals surface area contributed by atoms with E-state index in [2.05, 4.69) is 50.2 Å². The van der Waals surface area contributed by atoms with Crippen molar-refractivity contribution >= 4 is 33.3 Å². The van der Waals surface area contributed by atoms with Crippen molar-refractivity contribution in [2.75, 3.05) is 47.4 Å². The molecule has 9 nitrogen and oxygen atoms in total. The van der Waals surface area contributed by atoms with Gasteiger partial charge in [-0.15, -0.1) is 0 Å². The Labute approximate surface area is 230 Å². The molecule has 4 heterocycles. The van der Waals surface area contributed by atoms with Gasteiger partial charge in [0.05, 0.1) is 10.5 Å². The number of nitrogens with zero attached hydrogens (tertiary/aromatic N) is 5. The summed E-state index contributed by atoms with van der Waals surface area (Å²) in [4.78, 5) is 28.9. The molecule has 2 aliphatic rings. The molecule has 0 bridgehead atoms. The van der Waals surface area contributed by atoms with E-state index < -0.39 is 15.9 Å². The van der Waals surface area contributed by atoms with E-state index in [1.807, 2.05) is 31.2 Å². The molecule has 0 aliphatic carbocycles. The van der Waals surface area contributed by atoms with Gasteiger partial charge in [-0.05, 0) is 75.6 Å². The van der Waals surface area contributed by atoms with Crippen LogP contribution in [0.1, 0.15) is 43.2 Å². The Bertz CT molecular complexity index is 1470. The van der Waals surface area contributed by atoms with Crippen molar-refractivity contribution in [1.82, 2.24) is 14.7 Å². The highest BCUT2D eigenvalue weighted by atomic mass is 32.2. The molecular formula is C29H36N6O3S. The third-order valence-corrected chi connectivity index (χ3v) is 8.89. The van der Waals surface area contributed by atoms with Crippen LogP contribution < -0.4 is 19.4 Å². The van der Waals surface area contributed by atoms with Gasteiger partial charge in [-0.2, -0.15) is 0 Å². The maximum absolute atomic E-state index is 13.3. The third-order valence-electron chi connectivity index (χ3n) is 7.56. The number of hydrogen-bond acceptors (Lipinski definition) is 8. The Kier molecular flexibility index (Phi) is 7.24. The van der Waals surface area contributed by atoms with Gasteiger partial charge in [0.15, 0.2) is 0 Å². The summed E-state index contributed by atoms with van der Waals surface area (Å²) in [6, 6.07) is 16.0. The molecule has 2 aliphatic heterocycles. The number of amides is 1. The number of piperazine rings is 1. The zero-order chi connectivity index (χ0) is 27.8. The minimum Gasteiger partial charge on any atom is -0.368 e. The molecule has 1 aromatic carbocycles. The second kappa shape index (κ2) is 10.5. The molecule has 2 saturated heterocycles. The SMILES string of the molecule is Cc1cccc(N2CCN(c3cccc(S(=O)(=O)NC(=O)c4cccnc4N4CC(C)CC4(C)C)c3)CC2)n1. The summed E-state index contributed by atoms with van der Waals surface area (Å²) in [5.41, 5.74) is 1.85. The van der Waals surface area contributed by atoms with Crippen LogP contribution in [0.4, 0.5) is 17.3 Å². The number of rotatable bonds is 6. The number of carbonyl (C=O) groups excluding carboxylic acids is 1. The summed E-state index contributed by atoms with van der Waals surface area (Å²) in [6.45, 7) is 12.2. The lowest BCUT2D eigenvalue weighted by Gasteiger charge is -2.37. The molecule has 39 heavy (non-hydrogen) atoms. The Morgan fingerprint density at radius 1 is 1.00 bits per heavy atom. The van der Waals surface area contributed by atoms with E-state index >= 15 is 0 Å². The van der Waals surface area contributed by atoms with E-state index in [-0.39, 0.29) is 16.0 Å². The van der Waals surface area contributed by atoms with E-state index in [1.54, 1.807) is 30.5 Å². The van der Waals surface area contributed by atoms with Gasteiger partial charge in [-0.1, -0.05) is 19.1 Å². The van der Waals surface area contributed by atoms with Gasteiger partial charge in [-0.3, -0.25) is 4.79 Å². The number of aryl methyl sites for hydroxylation is 1. The fourth-order valence-electron chi connectivity index (χ4n) is 5.73. The predicted octanol–water partition coefficient (Wildman–Crippen LogP) is 3.86. The number of pyridine rings is 2.